The first kappa shape index (κ1) is 17.5. The minimum absolute atomic E-state index is 0.102. The third kappa shape index (κ3) is 3.58. The highest BCUT2D eigenvalue weighted by atomic mass is 19.4. The predicted octanol–water partition coefficient (Wildman–Crippen LogP) is 1.46. The first-order valence-corrected chi connectivity index (χ1v) is 6.33. The molecule has 0 spiro atoms. The number of hydrogen-bond acceptors (Lipinski definition) is 3. The van der Waals surface area contributed by atoms with Crippen LogP contribution >= 0.6 is 0 Å². The van der Waals surface area contributed by atoms with Gasteiger partial charge in [0.15, 0.2) is 5.41 Å². The van der Waals surface area contributed by atoms with Gasteiger partial charge in [0.2, 0.25) is 0 Å². The molecule has 1 fully saturated rings. The maximum absolute atomic E-state index is 13.0. The summed E-state index contributed by atoms with van der Waals surface area (Å²) in [5.74, 6) is -1.96. The number of carbonyl (C=O) groups is 2. The number of carbonyl (C=O) groups excluding carboxylic acids is 1. The minimum Gasteiger partial charge on any atom is -0.481 e. The van der Waals surface area contributed by atoms with Gasteiger partial charge in [-0.25, -0.2) is 4.79 Å². The molecule has 0 aliphatic carbocycles. The molecule has 0 aromatic heterocycles. The Labute approximate surface area is 120 Å². The van der Waals surface area contributed by atoms with Gasteiger partial charge in [-0.2, -0.15) is 13.2 Å². The van der Waals surface area contributed by atoms with Crippen molar-refractivity contribution in [2.75, 3.05) is 26.7 Å². The molecule has 122 valence electrons. The van der Waals surface area contributed by atoms with Gasteiger partial charge in [-0.05, 0) is 20.3 Å². The number of rotatable bonds is 4. The summed E-state index contributed by atoms with van der Waals surface area (Å²) in [6.07, 6.45) is -5.55. The Morgan fingerprint density at radius 2 is 1.95 bits per heavy atom. The summed E-state index contributed by atoms with van der Waals surface area (Å²) in [6, 6.07) is -0.729. The zero-order valence-corrected chi connectivity index (χ0v) is 12.1. The summed E-state index contributed by atoms with van der Waals surface area (Å²) in [7, 11) is 1.45. The van der Waals surface area contributed by atoms with Crippen molar-refractivity contribution < 1.29 is 32.6 Å². The maximum Gasteiger partial charge on any atom is 0.406 e. The van der Waals surface area contributed by atoms with E-state index in [0.717, 1.165) is 4.90 Å². The molecule has 21 heavy (non-hydrogen) atoms. The number of hydrogen-bond donors (Lipinski definition) is 2. The number of ether oxygens (including phenoxy) is 1. The Bertz CT molecular complexity index is 425. The monoisotopic (exact) mass is 312 g/mol. The molecule has 1 aliphatic heterocycles. The Morgan fingerprint density at radius 3 is 2.33 bits per heavy atom. The van der Waals surface area contributed by atoms with Gasteiger partial charge in [0.05, 0.1) is 5.60 Å². The lowest BCUT2D eigenvalue weighted by Gasteiger charge is -2.28. The highest BCUT2D eigenvalue weighted by Gasteiger charge is 2.64. The van der Waals surface area contributed by atoms with E-state index >= 15 is 0 Å². The molecular formula is C12H19F3N2O4. The molecule has 1 saturated heterocycles. The number of amides is 2. The normalized spacial score (nSPS) is 23.2. The van der Waals surface area contributed by atoms with Crippen molar-refractivity contribution >= 4 is 12.0 Å². The second-order valence-corrected chi connectivity index (χ2v) is 5.68. The molecule has 0 radical (unpaired) electrons. The number of carboxylic acid groups (broad SMARTS) is 1. The molecule has 1 heterocycles. The zero-order chi connectivity index (χ0) is 16.5. The summed E-state index contributed by atoms with van der Waals surface area (Å²) in [4.78, 5) is 23.7. The average molecular weight is 312 g/mol. The smallest absolute Gasteiger partial charge is 0.406 e. The van der Waals surface area contributed by atoms with E-state index < -0.39 is 42.2 Å². The SMILES string of the molecule is COC(C)(C)CNC(=O)N1CCC(C(=O)O)(C(F)(F)F)C1. The van der Waals surface area contributed by atoms with Crippen LogP contribution in [-0.2, 0) is 9.53 Å². The van der Waals surface area contributed by atoms with Crippen molar-refractivity contribution in [1.82, 2.24) is 10.2 Å². The lowest BCUT2D eigenvalue weighted by molar-refractivity contribution is -0.227. The van der Waals surface area contributed by atoms with Crippen molar-refractivity contribution in [3.63, 3.8) is 0 Å². The largest absolute Gasteiger partial charge is 0.481 e. The van der Waals surface area contributed by atoms with E-state index in [0.29, 0.717) is 0 Å². The predicted molar refractivity (Wildman–Crippen MR) is 66.8 cm³/mol. The van der Waals surface area contributed by atoms with E-state index in [9.17, 15) is 22.8 Å². The Hall–Kier alpha value is -1.51. The standard InChI is InChI=1S/C12H19F3N2O4/c1-10(2,21-3)6-16-9(20)17-5-4-11(7-17,8(18)19)12(13,14)15/h4-7H2,1-3H3,(H,16,20)(H,18,19). The molecule has 1 unspecified atom stereocenters. The van der Waals surface area contributed by atoms with Gasteiger partial charge in [0.25, 0.3) is 0 Å². The third-order valence-electron chi connectivity index (χ3n) is 3.73. The van der Waals surface area contributed by atoms with Crippen molar-refractivity contribution in [1.29, 1.82) is 0 Å². The molecule has 0 saturated carbocycles. The van der Waals surface area contributed by atoms with E-state index in [1.165, 1.54) is 7.11 Å². The van der Waals surface area contributed by atoms with E-state index in [2.05, 4.69) is 5.32 Å². The number of urea groups is 1. The van der Waals surface area contributed by atoms with Crippen LogP contribution in [0, 0.1) is 5.41 Å². The van der Waals surface area contributed by atoms with Crippen molar-refractivity contribution in [3.8, 4) is 0 Å². The first-order chi connectivity index (χ1) is 9.45. The molecule has 0 bridgehead atoms. The van der Waals surface area contributed by atoms with E-state index in [1.54, 1.807) is 13.8 Å². The third-order valence-corrected chi connectivity index (χ3v) is 3.73. The Kier molecular flexibility index (Phi) is 4.76. The van der Waals surface area contributed by atoms with Crippen LogP contribution in [0.25, 0.3) is 0 Å². The summed E-state index contributed by atoms with van der Waals surface area (Å²) in [5.41, 5.74) is -3.55. The summed E-state index contributed by atoms with van der Waals surface area (Å²) < 4.78 is 44.0. The topological polar surface area (TPSA) is 78.9 Å². The molecule has 1 aliphatic rings. The van der Waals surface area contributed by atoms with Crippen LogP contribution in [0.3, 0.4) is 0 Å². The number of aliphatic carboxylic acids is 1. The van der Waals surface area contributed by atoms with Crippen molar-refractivity contribution in [2.24, 2.45) is 5.41 Å². The molecule has 0 aromatic rings. The van der Waals surface area contributed by atoms with Gasteiger partial charge in [-0.3, -0.25) is 4.79 Å². The van der Waals surface area contributed by atoms with Crippen LogP contribution in [0.2, 0.25) is 0 Å². The van der Waals surface area contributed by atoms with Crippen LogP contribution < -0.4 is 5.32 Å². The molecule has 6 nitrogen and oxygen atoms in total. The molecule has 9 heteroatoms. The van der Waals surface area contributed by atoms with Crippen LogP contribution in [0.1, 0.15) is 20.3 Å². The van der Waals surface area contributed by atoms with E-state index in [1.807, 2.05) is 0 Å². The molecular weight excluding hydrogens is 293 g/mol. The molecule has 0 aromatic carbocycles. The molecule has 1 rings (SSSR count). The fourth-order valence-corrected chi connectivity index (χ4v) is 1.98. The van der Waals surface area contributed by atoms with Gasteiger partial charge in [-0.15, -0.1) is 0 Å². The highest BCUT2D eigenvalue weighted by Crippen LogP contribution is 2.45. The molecule has 1 atom stereocenters. The van der Waals surface area contributed by atoms with Gasteiger partial charge < -0.3 is 20.1 Å². The van der Waals surface area contributed by atoms with E-state index in [-0.39, 0.29) is 13.1 Å². The molecule has 2 N–H and O–H groups in total. The van der Waals surface area contributed by atoms with Gasteiger partial charge in [0.1, 0.15) is 0 Å². The van der Waals surface area contributed by atoms with Crippen LogP contribution in [0.4, 0.5) is 18.0 Å². The second kappa shape index (κ2) is 5.70. The van der Waals surface area contributed by atoms with Gasteiger partial charge in [0, 0.05) is 26.7 Å². The maximum atomic E-state index is 13.0. The van der Waals surface area contributed by atoms with E-state index in [4.69, 9.17) is 9.84 Å². The number of alkyl halides is 3. The van der Waals surface area contributed by atoms with Crippen LogP contribution in [0.5, 0.6) is 0 Å². The van der Waals surface area contributed by atoms with Crippen LogP contribution in [-0.4, -0.2) is 60.5 Å². The number of carboxylic acids is 1. The lowest BCUT2D eigenvalue weighted by atomic mass is 9.86. The first-order valence-electron chi connectivity index (χ1n) is 6.33. The fourth-order valence-electron chi connectivity index (χ4n) is 1.98. The second-order valence-electron chi connectivity index (χ2n) is 5.68. The quantitative estimate of drug-likeness (QED) is 0.824. The number of halogens is 3. The number of nitrogens with zero attached hydrogens (tertiary/aromatic N) is 1. The summed E-state index contributed by atoms with van der Waals surface area (Å²) in [6.45, 7) is 2.37. The van der Waals surface area contributed by atoms with Gasteiger partial charge >= 0.3 is 18.2 Å². The fraction of sp³-hybridized carbons (Fsp3) is 0.833. The number of nitrogens with one attached hydrogen (secondary N) is 1. The average Bonchev–Trinajstić information content (AvgIpc) is 2.82. The van der Waals surface area contributed by atoms with Crippen LogP contribution in [0.15, 0.2) is 0 Å². The summed E-state index contributed by atoms with van der Waals surface area (Å²) >= 11 is 0. The number of methoxy groups -OCH3 is 1. The lowest BCUT2D eigenvalue weighted by Crippen LogP contribution is -2.50. The Morgan fingerprint density at radius 1 is 1.38 bits per heavy atom. The zero-order valence-electron chi connectivity index (χ0n) is 12.1. The molecule has 2 amide bonds. The van der Waals surface area contributed by atoms with Gasteiger partial charge in [-0.1, -0.05) is 0 Å². The van der Waals surface area contributed by atoms with Crippen molar-refractivity contribution in [2.45, 2.75) is 32.0 Å². The highest BCUT2D eigenvalue weighted by molar-refractivity contribution is 5.80. The summed E-state index contributed by atoms with van der Waals surface area (Å²) in [5, 5.41) is 11.3. The Balaban J connectivity index is 2.73. The van der Waals surface area contributed by atoms with Crippen molar-refractivity contribution in [3.05, 3.63) is 0 Å². The minimum atomic E-state index is -4.90. The number of likely N-dealkylation sites (tertiary alicyclic amines) is 1.